The number of halogens is 1. The third-order valence-electron chi connectivity index (χ3n) is 6.79. The van der Waals surface area contributed by atoms with Crippen molar-refractivity contribution < 1.29 is 13.9 Å². The minimum atomic E-state index is -0.273. The van der Waals surface area contributed by atoms with Crippen LogP contribution in [0.5, 0.6) is 5.88 Å². The summed E-state index contributed by atoms with van der Waals surface area (Å²) in [5, 5.41) is 0. The molecule has 0 N–H and O–H groups in total. The molecule has 2 aromatic heterocycles. The molecule has 0 spiro atoms. The third kappa shape index (κ3) is 5.25. The Hall–Kier alpha value is -4.03. The second-order valence-electron chi connectivity index (χ2n) is 9.38. The van der Waals surface area contributed by atoms with Crippen LogP contribution >= 0.6 is 0 Å². The van der Waals surface area contributed by atoms with Gasteiger partial charge in [-0.25, -0.2) is 14.4 Å². The molecular formula is C31H28FN3O2. The van der Waals surface area contributed by atoms with E-state index in [2.05, 4.69) is 15.6 Å². The number of nitrogens with zero attached hydrogens (tertiary/aromatic N) is 3. The zero-order chi connectivity index (χ0) is 25.0. The lowest BCUT2D eigenvalue weighted by atomic mass is 10.1. The first-order chi connectivity index (χ1) is 18.2. The Balaban J connectivity index is 1.22. The van der Waals surface area contributed by atoms with Crippen LogP contribution in [0.1, 0.15) is 29.8 Å². The van der Waals surface area contributed by atoms with Gasteiger partial charge in [-0.15, -0.1) is 0 Å². The standard InChI is InChI=1S/C31H28FN3O2/c32-26-18-24(27-12-6-14-31(34-27)37-21-22-8-2-1-3-9-22)16-15-23(26)19-30-33-28-11-4-5-13-29(28)35(30)20-25-10-7-17-36-25/h1-6,8-9,11-16,18,25H,7,10,17,19-21H2. The van der Waals surface area contributed by atoms with Gasteiger partial charge in [0.1, 0.15) is 18.2 Å². The van der Waals surface area contributed by atoms with Gasteiger partial charge >= 0.3 is 0 Å². The topological polar surface area (TPSA) is 49.2 Å². The van der Waals surface area contributed by atoms with E-state index in [-0.39, 0.29) is 11.9 Å². The van der Waals surface area contributed by atoms with Crippen LogP contribution in [-0.2, 0) is 24.3 Å². The van der Waals surface area contributed by atoms with Gasteiger partial charge in [-0.3, -0.25) is 0 Å². The molecule has 0 amide bonds. The Morgan fingerprint density at radius 2 is 1.78 bits per heavy atom. The molecule has 1 aliphatic rings. The highest BCUT2D eigenvalue weighted by molar-refractivity contribution is 5.76. The van der Waals surface area contributed by atoms with Gasteiger partial charge < -0.3 is 14.0 Å². The lowest BCUT2D eigenvalue weighted by Gasteiger charge is -2.15. The van der Waals surface area contributed by atoms with E-state index in [1.165, 1.54) is 0 Å². The smallest absolute Gasteiger partial charge is 0.214 e. The molecule has 1 atom stereocenters. The fraction of sp³-hybridized carbons (Fsp3) is 0.226. The summed E-state index contributed by atoms with van der Waals surface area (Å²) in [6.45, 7) is 1.96. The number of rotatable bonds is 8. The van der Waals surface area contributed by atoms with E-state index in [0.717, 1.165) is 48.4 Å². The predicted octanol–water partition coefficient (Wildman–Crippen LogP) is 6.59. The first kappa shape index (κ1) is 23.4. The molecule has 0 aliphatic carbocycles. The summed E-state index contributed by atoms with van der Waals surface area (Å²) in [5.74, 6) is 1.08. The van der Waals surface area contributed by atoms with Gasteiger partial charge in [-0.05, 0) is 48.2 Å². The number of pyridine rings is 1. The number of imidazole rings is 1. The van der Waals surface area contributed by atoms with Crippen molar-refractivity contribution in [3.05, 3.63) is 114 Å². The van der Waals surface area contributed by atoms with Crippen molar-refractivity contribution in [1.82, 2.24) is 14.5 Å². The van der Waals surface area contributed by atoms with Crippen LogP contribution < -0.4 is 4.74 Å². The molecule has 1 saturated heterocycles. The van der Waals surface area contributed by atoms with Crippen LogP contribution in [0, 0.1) is 5.82 Å². The normalized spacial score (nSPS) is 15.3. The van der Waals surface area contributed by atoms with Crippen molar-refractivity contribution in [3.8, 4) is 17.1 Å². The molecule has 0 bridgehead atoms. The maximum absolute atomic E-state index is 15.4. The number of hydrogen-bond acceptors (Lipinski definition) is 4. The lowest BCUT2D eigenvalue weighted by molar-refractivity contribution is 0.0973. The molecule has 6 heteroatoms. The Morgan fingerprint density at radius 1 is 0.919 bits per heavy atom. The van der Waals surface area contributed by atoms with Crippen molar-refractivity contribution in [2.45, 2.75) is 38.5 Å². The van der Waals surface area contributed by atoms with Crippen molar-refractivity contribution >= 4 is 11.0 Å². The van der Waals surface area contributed by atoms with E-state index < -0.39 is 0 Å². The average Bonchev–Trinajstić information content (AvgIpc) is 3.58. The average molecular weight is 494 g/mol. The Kier molecular flexibility index (Phi) is 6.65. The van der Waals surface area contributed by atoms with Crippen molar-refractivity contribution in [3.63, 3.8) is 0 Å². The van der Waals surface area contributed by atoms with E-state index in [1.54, 1.807) is 6.07 Å². The van der Waals surface area contributed by atoms with Crippen molar-refractivity contribution in [2.24, 2.45) is 0 Å². The minimum absolute atomic E-state index is 0.172. The molecule has 37 heavy (non-hydrogen) atoms. The van der Waals surface area contributed by atoms with E-state index in [4.69, 9.17) is 14.5 Å². The molecule has 1 fully saturated rings. The largest absolute Gasteiger partial charge is 0.473 e. The molecular weight excluding hydrogens is 465 g/mol. The molecule has 0 radical (unpaired) electrons. The summed E-state index contributed by atoms with van der Waals surface area (Å²) in [6.07, 6.45) is 2.69. The van der Waals surface area contributed by atoms with E-state index >= 15 is 4.39 Å². The maximum atomic E-state index is 15.4. The third-order valence-corrected chi connectivity index (χ3v) is 6.79. The summed E-state index contributed by atoms with van der Waals surface area (Å²) in [4.78, 5) is 9.43. The highest BCUT2D eigenvalue weighted by atomic mass is 19.1. The summed E-state index contributed by atoms with van der Waals surface area (Å²) >= 11 is 0. The van der Waals surface area contributed by atoms with Crippen LogP contribution in [0.15, 0.2) is 91.0 Å². The Bertz CT molecular complexity index is 1510. The molecule has 3 heterocycles. The van der Waals surface area contributed by atoms with E-state index in [9.17, 15) is 0 Å². The van der Waals surface area contributed by atoms with Crippen LogP contribution in [0.2, 0.25) is 0 Å². The lowest BCUT2D eigenvalue weighted by Crippen LogP contribution is -2.17. The zero-order valence-electron chi connectivity index (χ0n) is 20.5. The molecule has 1 aliphatic heterocycles. The van der Waals surface area contributed by atoms with Gasteiger partial charge in [0.05, 0.1) is 29.4 Å². The highest BCUT2D eigenvalue weighted by Gasteiger charge is 2.20. The molecule has 5 aromatic rings. The fourth-order valence-electron chi connectivity index (χ4n) is 4.86. The SMILES string of the molecule is Fc1cc(-c2cccc(OCc3ccccc3)n2)ccc1Cc1nc2ccccc2n1CC1CCCO1. The van der Waals surface area contributed by atoms with Gasteiger partial charge in [0.25, 0.3) is 0 Å². The van der Waals surface area contributed by atoms with Gasteiger partial charge in [0.2, 0.25) is 5.88 Å². The number of benzene rings is 3. The van der Waals surface area contributed by atoms with Crippen LogP contribution in [0.4, 0.5) is 4.39 Å². The van der Waals surface area contributed by atoms with E-state index in [1.807, 2.05) is 78.9 Å². The maximum Gasteiger partial charge on any atom is 0.214 e. The van der Waals surface area contributed by atoms with Gasteiger partial charge in [-0.1, -0.05) is 60.7 Å². The van der Waals surface area contributed by atoms with Crippen LogP contribution in [-0.4, -0.2) is 27.2 Å². The van der Waals surface area contributed by atoms with Crippen LogP contribution in [0.3, 0.4) is 0 Å². The molecule has 6 rings (SSSR count). The fourth-order valence-corrected chi connectivity index (χ4v) is 4.86. The number of aromatic nitrogens is 3. The van der Waals surface area contributed by atoms with Crippen LogP contribution in [0.25, 0.3) is 22.3 Å². The Labute approximate surface area is 215 Å². The number of para-hydroxylation sites is 2. The zero-order valence-corrected chi connectivity index (χ0v) is 20.5. The van der Waals surface area contributed by atoms with Gasteiger partial charge in [0, 0.05) is 24.7 Å². The molecule has 0 saturated carbocycles. The second kappa shape index (κ2) is 10.5. The minimum Gasteiger partial charge on any atom is -0.473 e. The quantitative estimate of drug-likeness (QED) is 0.245. The first-order valence-corrected chi connectivity index (χ1v) is 12.7. The molecule has 3 aromatic carbocycles. The summed E-state index contributed by atoms with van der Waals surface area (Å²) in [7, 11) is 0. The number of fused-ring (bicyclic) bond motifs is 1. The van der Waals surface area contributed by atoms with Crippen molar-refractivity contribution in [1.29, 1.82) is 0 Å². The number of ether oxygens (including phenoxy) is 2. The highest BCUT2D eigenvalue weighted by Crippen LogP contribution is 2.26. The molecule has 186 valence electrons. The van der Waals surface area contributed by atoms with Gasteiger partial charge in [0.15, 0.2) is 0 Å². The molecule has 1 unspecified atom stereocenters. The summed E-state index contributed by atoms with van der Waals surface area (Å²) in [5.41, 5.74) is 5.02. The van der Waals surface area contributed by atoms with Gasteiger partial charge in [-0.2, -0.15) is 0 Å². The second-order valence-corrected chi connectivity index (χ2v) is 9.38. The van der Waals surface area contributed by atoms with E-state index in [0.29, 0.717) is 35.7 Å². The monoisotopic (exact) mass is 493 g/mol. The first-order valence-electron chi connectivity index (χ1n) is 12.7. The predicted molar refractivity (Wildman–Crippen MR) is 142 cm³/mol. The Morgan fingerprint density at radius 3 is 2.62 bits per heavy atom. The number of hydrogen-bond donors (Lipinski definition) is 0. The molecule has 5 nitrogen and oxygen atoms in total. The summed E-state index contributed by atoms with van der Waals surface area (Å²) < 4.78 is 29.3. The van der Waals surface area contributed by atoms with Crippen molar-refractivity contribution in [2.75, 3.05) is 6.61 Å². The summed E-state index contributed by atoms with van der Waals surface area (Å²) in [6, 6.07) is 28.9.